The predicted octanol–water partition coefficient (Wildman–Crippen LogP) is 2.82. The summed E-state index contributed by atoms with van der Waals surface area (Å²) in [6.07, 6.45) is 5.65. The molecule has 2 aromatic heterocycles. The van der Waals surface area contributed by atoms with Crippen LogP contribution in [0.2, 0.25) is 5.15 Å². The first-order valence-corrected chi connectivity index (χ1v) is 7.74. The highest BCUT2D eigenvalue weighted by molar-refractivity contribution is 6.30. The zero-order chi connectivity index (χ0) is 15.4. The van der Waals surface area contributed by atoms with Gasteiger partial charge in [-0.15, -0.1) is 0 Å². The standard InChI is InChI=1S/C15H24ClN5/c1-11(2)14-13(15(16)20(4)19-14)8-18-7-12(3)9-21-6-5-17-10-21/h5-6,10-12,18H,7-9H2,1-4H3. The van der Waals surface area contributed by atoms with Gasteiger partial charge in [0, 0.05) is 38.1 Å². The quantitative estimate of drug-likeness (QED) is 0.855. The van der Waals surface area contributed by atoms with Gasteiger partial charge in [0.05, 0.1) is 12.0 Å². The molecule has 0 spiro atoms. The zero-order valence-electron chi connectivity index (χ0n) is 13.2. The van der Waals surface area contributed by atoms with Gasteiger partial charge in [-0.1, -0.05) is 32.4 Å². The summed E-state index contributed by atoms with van der Waals surface area (Å²) in [5.41, 5.74) is 2.20. The average molecular weight is 310 g/mol. The Kier molecular flexibility index (Phi) is 5.42. The van der Waals surface area contributed by atoms with Crippen LogP contribution >= 0.6 is 11.6 Å². The fourth-order valence-corrected chi connectivity index (χ4v) is 2.66. The summed E-state index contributed by atoms with van der Waals surface area (Å²) in [6.45, 7) is 9.16. The van der Waals surface area contributed by atoms with Crippen molar-refractivity contribution in [1.82, 2.24) is 24.6 Å². The minimum absolute atomic E-state index is 0.379. The number of hydrogen-bond donors (Lipinski definition) is 1. The maximum atomic E-state index is 6.34. The summed E-state index contributed by atoms with van der Waals surface area (Å²) in [5, 5.41) is 8.72. The van der Waals surface area contributed by atoms with E-state index in [-0.39, 0.29) is 0 Å². The molecule has 0 saturated carbocycles. The Hall–Kier alpha value is -1.33. The molecule has 5 nitrogen and oxygen atoms in total. The molecular weight excluding hydrogens is 286 g/mol. The molecule has 0 aliphatic rings. The Morgan fingerprint density at radius 2 is 2.10 bits per heavy atom. The smallest absolute Gasteiger partial charge is 0.131 e. The van der Waals surface area contributed by atoms with E-state index in [9.17, 15) is 0 Å². The van der Waals surface area contributed by atoms with Gasteiger partial charge in [-0.2, -0.15) is 5.10 Å². The molecule has 0 aliphatic carbocycles. The van der Waals surface area contributed by atoms with Crippen LogP contribution in [0.3, 0.4) is 0 Å². The van der Waals surface area contributed by atoms with E-state index in [1.807, 2.05) is 25.8 Å². The second-order valence-corrected chi connectivity index (χ2v) is 6.29. The topological polar surface area (TPSA) is 47.7 Å². The molecule has 0 fully saturated rings. The molecule has 2 aromatic rings. The van der Waals surface area contributed by atoms with Crippen molar-refractivity contribution in [2.45, 2.75) is 39.8 Å². The van der Waals surface area contributed by atoms with E-state index < -0.39 is 0 Å². The van der Waals surface area contributed by atoms with Crippen LogP contribution in [0.4, 0.5) is 0 Å². The molecule has 0 amide bonds. The van der Waals surface area contributed by atoms with Crippen LogP contribution in [0, 0.1) is 5.92 Å². The summed E-state index contributed by atoms with van der Waals surface area (Å²) in [6, 6.07) is 0. The van der Waals surface area contributed by atoms with Crippen molar-refractivity contribution in [3.8, 4) is 0 Å². The Labute approximate surface area is 131 Å². The second-order valence-electron chi connectivity index (χ2n) is 5.93. The van der Waals surface area contributed by atoms with Gasteiger partial charge in [0.2, 0.25) is 0 Å². The first-order chi connectivity index (χ1) is 9.99. The molecule has 0 saturated heterocycles. The number of aromatic nitrogens is 4. The first-order valence-electron chi connectivity index (χ1n) is 7.36. The lowest BCUT2D eigenvalue weighted by molar-refractivity contribution is 0.444. The lowest BCUT2D eigenvalue weighted by atomic mass is 10.1. The summed E-state index contributed by atoms with van der Waals surface area (Å²) < 4.78 is 3.85. The Bertz CT molecular complexity index is 559. The highest BCUT2D eigenvalue weighted by Crippen LogP contribution is 2.25. The van der Waals surface area contributed by atoms with Crippen LogP contribution in [-0.4, -0.2) is 25.9 Å². The number of nitrogens with one attached hydrogen (secondary N) is 1. The lowest BCUT2D eigenvalue weighted by Gasteiger charge is -2.14. The van der Waals surface area contributed by atoms with Gasteiger partial charge < -0.3 is 9.88 Å². The molecule has 6 heteroatoms. The van der Waals surface area contributed by atoms with Gasteiger partial charge in [-0.05, 0) is 18.4 Å². The Morgan fingerprint density at radius 3 is 2.71 bits per heavy atom. The van der Waals surface area contributed by atoms with Gasteiger partial charge >= 0.3 is 0 Å². The molecule has 1 atom stereocenters. The normalized spacial score (nSPS) is 13.0. The van der Waals surface area contributed by atoms with Crippen molar-refractivity contribution in [3.63, 3.8) is 0 Å². The number of rotatable bonds is 7. The largest absolute Gasteiger partial charge is 0.337 e. The first kappa shape index (κ1) is 16.0. The third-order valence-electron chi connectivity index (χ3n) is 3.52. The second kappa shape index (κ2) is 7.09. The third kappa shape index (κ3) is 4.08. The molecule has 0 aromatic carbocycles. The number of halogens is 1. The molecule has 116 valence electrons. The van der Waals surface area contributed by atoms with Crippen molar-refractivity contribution in [1.29, 1.82) is 0 Å². The molecule has 0 bridgehead atoms. The van der Waals surface area contributed by atoms with Crippen LogP contribution in [0.15, 0.2) is 18.7 Å². The number of imidazole rings is 1. The van der Waals surface area contributed by atoms with Gasteiger partial charge in [0.15, 0.2) is 0 Å². The van der Waals surface area contributed by atoms with E-state index in [0.717, 1.165) is 36.0 Å². The third-order valence-corrected chi connectivity index (χ3v) is 4.00. The summed E-state index contributed by atoms with van der Waals surface area (Å²) in [4.78, 5) is 4.06. The van der Waals surface area contributed by atoms with Crippen molar-refractivity contribution in [3.05, 3.63) is 35.1 Å². The van der Waals surface area contributed by atoms with Crippen molar-refractivity contribution in [2.24, 2.45) is 13.0 Å². The maximum absolute atomic E-state index is 6.34. The van der Waals surface area contributed by atoms with Crippen molar-refractivity contribution in [2.75, 3.05) is 6.54 Å². The number of aryl methyl sites for hydroxylation is 1. The molecule has 1 N–H and O–H groups in total. The van der Waals surface area contributed by atoms with Crippen molar-refractivity contribution >= 4 is 11.6 Å². The van der Waals surface area contributed by atoms with E-state index in [1.165, 1.54) is 0 Å². The van der Waals surface area contributed by atoms with Gasteiger partial charge in [0.25, 0.3) is 0 Å². The molecule has 21 heavy (non-hydrogen) atoms. The molecule has 0 aliphatic heterocycles. The van der Waals surface area contributed by atoms with Gasteiger partial charge in [-0.3, -0.25) is 4.68 Å². The fourth-order valence-electron chi connectivity index (χ4n) is 2.46. The van der Waals surface area contributed by atoms with Crippen LogP contribution in [0.25, 0.3) is 0 Å². The average Bonchev–Trinajstić information content (AvgIpc) is 3.01. The fraction of sp³-hybridized carbons (Fsp3) is 0.600. The Balaban J connectivity index is 1.88. The van der Waals surface area contributed by atoms with Crippen LogP contribution < -0.4 is 5.32 Å². The van der Waals surface area contributed by atoms with Crippen molar-refractivity contribution < 1.29 is 0 Å². The molecule has 2 rings (SSSR count). The molecule has 2 heterocycles. The SMILES string of the molecule is CC(CNCc1c(C(C)C)nn(C)c1Cl)Cn1ccnc1. The summed E-state index contributed by atoms with van der Waals surface area (Å²) in [7, 11) is 1.89. The van der Waals surface area contributed by atoms with E-state index in [1.54, 1.807) is 4.68 Å². The van der Waals surface area contributed by atoms with E-state index >= 15 is 0 Å². The summed E-state index contributed by atoms with van der Waals surface area (Å²) >= 11 is 6.34. The Morgan fingerprint density at radius 1 is 1.33 bits per heavy atom. The molecule has 0 radical (unpaired) electrons. The number of hydrogen-bond acceptors (Lipinski definition) is 3. The minimum atomic E-state index is 0.379. The monoisotopic (exact) mass is 309 g/mol. The predicted molar refractivity (Wildman–Crippen MR) is 85.4 cm³/mol. The van der Waals surface area contributed by atoms with E-state index in [0.29, 0.717) is 11.8 Å². The van der Waals surface area contributed by atoms with E-state index in [2.05, 4.69) is 40.7 Å². The minimum Gasteiger partial charge on any atom is -0.337 e. The molecule has 1 unspecified atom stereocenters. The number of nitrogens with zero attached hydrogens (tertiary/aromatic N) is 4. The summed E-state index contributed by atoms with van der Waals surface area (Å²) in [5.74, 6) is 0.904. The van der Waals surface area contributed by atoms with E-state index in [4.69, 9.17) is 11.6 Å². The lowest BCUT2D eigenvalue weighted by Crippen LogP contribution is -2.24. The highest BCUT2D eigenvalue weighted by atomic mass is 35.5. The zero-order valence-corrected chi connectivity index (χ0v) is 13.9. The van der Waals surface area contributed by atoms with Crippen LogP contribution in [0.1, 0.15) is 37.9 Å². The van der Waals surface area contributed by atoms with Gasteiger partial charge in [0.1, 0.15) is 5.15 Å². The highest BCUT2D eigenvalue weighted by Gasteiger charge is 2.16. The van der Waals surface area contributed by atoms with Gasteiger partial charge in [-0.25, -0.2) is 4.98 Å². The van der Waals surface area contributed by atoms with Crippen LogP contribution in [0.5, 0.6) is 0 Å². The molecular formula is C15H24ClN5. The van der Waals surface area contributed by atoms with Crippen LogP contribution in [-0.2, 0) is 20.1 Å². The maximum Gasteiger partial charge on any atom is 0.131 e.